The molecule has 3 aromatic rings. The van der Waals surface area contributed by atoms with Crippen molar-refractivity contribution in [3.63, 3.8) is 0 Å². The molecule has 0 aliphatic carbocycles. The second-order valence-corrected chi connectivity index (χ2v) is 7.91. The number of nitrogens with one attached hydrogen (secondary N) is 1. The molecular weight excluding hydrogens is 412 g/mol. The quantitative estimate of drug-likeness (QED) is 0.327. The number of nitro benzene ring substituents is 1. The van der Waals surface area contributed by atoms with Gasteiger partial charge in [-0.3, -0.25) is 19.7 Å². The van der Waals surface area contributed by atoms with Crippen LogP contribution in [-0.2, 0) is 16.1 Å². The number of ether oxygens (including phenoxy) is 1. The monoisotopic (exact) mass is 428 g/mol. The molecule has 7 nitrogen and oxygen atoms in total. The van der Waals surface area contributed by atoms with Crippen molar-refractivity contribution in [3.8, 4) is 0 Å². The van der Waals surface area contributed by atoms with Gasteiger partial charge in [0.1, 0.15) is 13.2 Å². The molecule has 0 aliphatic heterocycles. The highest BCUT2D eigenvalue weighted by molar-refractivity contribution is 7.99. The van der Waals surface area contributed by atoms with Crippen LogP contribution in [0.3, 0.4) is 0 Å². The van der Waals surface area contributed by atoms with Gasteiger partial charge in [-0.05, 0) is 41.3 Å². The largest absolute Gasteiger partial charge is 0.460 e. The molecular formula is C20H16N2O5S2. The molecule has 0 aliphatic rings. The van der Waals surface area contributed by atoms with Crippen molar-refractivity contribution < 1.29 is 19.2 Å². The number of amides is 1. The first-order chi connectivity index (χ1) is 14.0. The highest BCUT2D eigenvalue weighted by Crippen LogP contribution is 2.29. The number of benzene rings is 2. The summed E-state index contributed by atoms with van der Waals surface area (Å²) in [6.45, 7) is -0.0823. The maximum absolute atomic E-state index is 11.8. The summed E-state index contributed by atoms with van der Waals surface area (Å²) < 4.78 is 5.17. The Morgan fingerprint density at radius 2 is 1.69 bits per heavy atom. The highest BCUT2D eigenvalue weighted by atomic mass is 32.2. The average Bonchev–Trinajstić information content (AvgIpc) is 3.27. The van der Waals surface area contributed by atoms with E-state index in [0.29, 0.717) is 4.88 Å². The Bertz CT molecular complexity index is 987. The Balaban J connectivity index is 1.44. The zero-order valence-corrected chi connectivity index (χ0v) is 16.7. The molecule has 1 N–H and O–H groups in total. The van der Waals surface area contributed by atoms with Gasteiger partial charge in [-0.2, -0.15) is 0 Å². The first-order valence-electron chi connectivity index (χ1n) is 8.50. The summed E-state index contributed by atoms with van der Waals surface area (Å²) in [7, 11) is 0. The fourth-order valence-corrected chi connectivity index (χ4v) is 3.74. The second-order valence-electron chi connectivity index (χ2n) is 5.82. The van der Waals surface area contributed by atoms with E-state index < -0.39 is 10.9 Å². The van der Waals surface area contributed by atoms with E-state index in [9.17, 15) is 19.7 Å². The molecule has 1 heterocycles. The molecule has 0 saturated heterocycles. The minimum Gasteiger partial charge on any atom is -0.460 e. The smallest absolute Gasteiger partial charge is 0.325 e. The van der Waals surface area contributed by atoms with Crippen molar-refractivity contribution in [1.29, 1.82) is 0 Å². The van der Waals surface area contributed by atoms with E-state index in [2.05, 4.69) is 5.32 Å². The number of carbonyl (C=O) groups is 2. The first-order valence-corrected chi connectivity index (χ1v) is 10.2. The van der Waals surface area contributed by atoms with Crippen LogP contribution in [0.2, 0.25) is 0 Å². The van der Waals surface area contributed by atoms with Gasteiger partial charge < -0.3 is 10.1 Å². The fraction of sp³-hybridized carbons (Fsp3) is 0.100. The normalized spacial score (nSPS) is 10.3. The van der Waals surface area contributed by atoms with Gasteiger partial charge in [-0.15, -0.1) is 11.3 Å². The Hall–Kier alpha value is -3.17. The van der Waals surface area contributed by atoms with Crippen LogP contribution in [-0.4, -0.2) is 23.3 Å². The third-order valence-corrected chi connectivity index (χ3v) is 5.63. The summed E-state index contributed by atoms with van der Waals surface area (Å²) in [6, 6.07) is 17.2. The zero-order chi connectivity index (χ0) is 20.6. The van der Waals surface area contributed by atoms with E-state index in [-0.39, 0.29) is 24.7 Å². The molecule has 0 saturated carbocycles. The summed E-state index contributed by atoms with van der Waals surface area (Å²) in [5.74, 6) is -0.816. The minimum atomic E-state index is -0.515. The van der Waals surface area contributed by atoms with Crippen LogP contribution in [0, 0.1) is 10.1 Å². The number of carbonyl (C=O) groups excluding carboxylic acids is 2. The first kappa shape index (κ1) is 20.6. The van der Waals surface area contributed by atoms with Crippen molar-refractivity contribution >= 4 is 40.7 Å². The summed E-state index contributed by atoms with van der Waals surface area (Å²) in [4.78, 5) is 36.2. The van der Waals surface area contributed by atoms with E-state index in [1.807, 2.05) is 24.3 Å². The summed E-state index contributed by atoms with van der Waals surface area (Å²) >= 11 is 2.77. The molecule has 0 atom stereocenters. The molecule has 29 heavy (non-hydrogen) atoms. The SMILES string of the molecule is O=C(CNC(=O)c1cccs1)OCc1ccc(Sc2ccc([N+](=O)[O-])cc2)cc1. The van der Waals surface area contributed by atoms with Crippen molar-refractivity contribution in [2.24, 2.45) is 0 Å². The molecule has 2 aromatic carbocycles. The lowest BCUT2D eigenvalue weighted by atomic mass is 10.2. The summed E-state index contributed by atoms with van der Waals surface area (Å²) in [6.07, 6.45) is 0. The van der Waals surface area contributed by atoms with Gasteiger partial charge in [0, 0.05) is 21.9 Å². The lowest BCUT2D eigenvalue weighted by molar-refractivity contribution is -0.384. The third kappa shape index (κ3) is 6.16. The lowest BCUT2D eigenvalue weighted by Gasteiger charge is -2.07. The Kier molecular flexibility index (Phi) is 6.99. The maximum atomic E-state index is 11.8. The molecule has 9 heteroatoms. The topological polar surface area (TPSA) is 98.5 Å². The van der Waals surface area contributed by atoms with Gasteiger partial charge in [0.15, 0.2) is 0 Å². The van der Waals surface area contributed by atoms with Crippen LogP contribution in [0.5, 0.6) is 0 Å². The van der Waals surface area contributed by atoms with E-state index in [1.54, 1.807) is 29.6 Å². The third-order valence-electron chi connectivity index (χ3n) is 3.74. The van der Waals surface area contributed by atoms with Crippen molar-refractivity contribution in [2.75, 3.05) is 6.54 Å². The van der Waals surface area contributed by atoms with Gasteiger partial charge >= 0.3 is 5.97 Å². The van der Waals surface area contributed by atoms with Gasteiger partial charge in [-0.25, -0.2) is 0 Å². The minimum absolute atomic E-state index is 0.0538. The molecule has 3 rings (SSSR count). The van der Waals surface area contributed by atoms with Gasteiger partial charge in [0.05, 0.1) is 9.80 Å². The predicted molar refractivity (Wildman–Crippen MR) is 110 cm³/mol. The van der Waals surface area contributed by atoms with Crippen LogP contribution in [0.25, 0.3) is 0 Å². The van der Waals surface area contributed by atoms with Gasteiger partial charge in [0.25, 0.3) is 11.6 Å². The van der Waals surface area contributed by atoms with Crippen molar-refractivity contribution in [3.05, 3.63) is 86.6 Å². The number of non-ortho nitro benzene ring substituents is 1. The van der Waals surface area contributed by atoms with Crippen LogP contribution in [0.1, 0.15) is 15.2 Å². The number of rotatable bonds is 8. The Labute approximate surface area is 174 Å². The number of nitrogens with zero attached hydrogens (tertiary/aromatic N) is 1. The standard InChI is InChI=1S/C20H16N2O5S2/c23-19(12-21-20(24)18-2-1-11-28-18)27-13-14-3-7-16(8-4-14)29-17-9-5-15(6-10-17)22(25)26/h1-11H,12-13H2,(H,21,24). The van der Waals surface area contributed by atoms with Crippen LogP contribution in [0.15, 0.2) is 75.8 Å². The van der Waals surface area contributed by atoms with E-state index in [4.69, 9.17) is 4.74 Å². The number of thiophene rings is 1. The number of hydrogen-bond acceptors (Lipinski definition) is 7. The van der Waals surface area contributed by atoms with Crippen molar-refractivity contribution in [1.82, 2.24) is 5.32 Å². The molecule has 0 fully saturated rings. The van der Waals surface area contributed by atoms with Gasteiger partial charge in [-0.1, -0.05) is 30.0 Å². The van der Waals surface area contributed by atoms with E-state index in [1.165, 1.54) is 35.2 Å². The van der Waals surface area contributed by atoms with E-state index >= 15 is 0 Å². The predicted octanol–water partition coefficient (Wildman–Crippen LogP) is 4.28. The lowest BCUT2D eigenvalue weighted by Crippen LogP contribution is -2.30. The zero-order valence-electron chi connectivity index (χ0n) is 15.1. The van der Waals surface area contributed by atoms with Crippen molar-refractivity contribution in [2.45, 2.75) is 16.4 Å². The highest BCUT2D eigenvalue weighted by Gasteiger charge is 2.10. The van der Waals surface area contributed by atoms with Crippen LogP contribution in [0.4, 0.5) is 5.69 Å². The summed E-state index contributed by atoms with van der Waals surface area (Å²) in [5.41, 5.74) is 0.870. The molecule has 1 amide bonds. The number of nitro groups is 1. The number of hydrogen-bond donors (Lipinski definition) is 1. The van der Waals surface area contributed by atoms with Crippen LogP contribution < -0.4 is 5.32 Å². The van der Waals surface area contributed by atoms with Gasteiger partial charge in [0.2, 0.25) is 0 Å². The molecule has 148 valence electrons. The Morgan fingerprint density at radius 3 is 2.28 bits per heavy atom. The Morgan fingerprint density at radius 1 is 1.03 bits per heavy atom. The fourth-order valence-electron chi connectivity index (χ4n) is 2.29. The molecule has 1 aromatic heterocycles. The summed E-state index contributed by atoms with van der Waals surface area (Å²) in [5, 5.41) is 15.0. The number of esters is 1. The van der Waals surface area contributed by atoms with E-state index in [0.717, 1.165) is 15.4 Å². The molecule has 0 unspecified atom stereocenters. The molecule has 0 radical (unpaired) electrons. The molecule has 0 bridgehead atoms. The maximum Gasteiger partial charge on any atom is 0.325 e. The van der Waals surface area contributed by atoms with Crippen LogP contribution >= 0.6 is 23.1 Å². The second kappa shape index (κ2) is 9.85. The molecule has 0 spiro atoms. The average molecular weight is 428 g/mol.